The molecule has 200 valence electrons. The molecule has 9 atom stereocenters. The Kier molecular flexibility index (Phi) is 6.53. The van der Waals surface area contributed by atoms with E-state index >= 15 is 0 Å². The minimum Gasteiger partial charge on any atom is -0.481 e. The number of carbonyl (C=O) groups excluding carboxylic acids is 2. The lowest BCUT2D eigenvalue weighted by atomic mass is 9.42. The molecule has 0 saturated heterocycles. The SMILES string of the molecule is C[C@]12C[C@H](O)[C@H]3[C@@H](CCC4=CC(=O)CC(C(CC(=O)O)C5CCCC5)[C@@]43C)[C@@H]1CC[C@]2(O)C(=O)CO. The second-order valence-corrected chi connectivity index (χ2v) is 13.0. The second-order valence-electron chi connectivity index (χ2n) is 13.0. The maximum atomic E-state index is 13.0. The fourth-order valence-electron chi connectivity index (χ4n) is 10.2. The molecule has 0 radical (unpaired) electrons. The monoisotopic (exact) mass is 502 g/mol. The first-order valence-electron chi connectivity index (χ1n) is 14.0. The second kappa shape index (κ2) is 9.02. The number of hydrogen-bond donors (Lipinski definition) is 4. The summed E-state index contributed by atoms with van der Waals surface area (Å²) in [7, 11) is 0. The number of carboxylic acids is 1. The summed E-state index contributed by atoms with van der Waals surface area (Å²) in [5.74, 6) is -1.38. The van der Waals surface area contributed by atoms with Crippen LogP contribution in [0.15, 0.2) is 11.6 Å². The van der Waals surface area contributed by atoms with E-state index < -0.39 is 40.9 Å². The van der Waals surface area contributed by atoms with E-state index in [4.69, 9.17) is 0 Å². The van der Waals surface area contributed by atoms with Crippen LogP contribution >= 0.6 is 0 Å². The molecular formula is C29H42O7. The Morgan fingerprint density at radius 2 is 1.83 bits per heavy atom. The summed E-state index contributed by atoms with van der Waals surface area (Å²) in [5, 5.41) is 42.8. The predicted octanol–water partition coefficient (Wildman–Crippen LogP) is 3.29. The number of allylic oxidation sites excluding steroid dienone is 1. The summed E-state index contributed by atoms with van der Waals surface area (Å²) >= 11 is 0. The zero-order valence-corrected chi connectivity index (χ0v) is 21.6. The Morgan fingerprint density at radius 1 is 1.14 bits per heavy atom. The van der Waals surface area contributed by atoms with Gasteiger partial charge in [0.2, 0.25) is 0 Å². The number of ketones is 2. The van der Waals surface area contributed by atoms with E-state index in [9.17, 15) is 34.8 Å². The molecular weight excluding hydrogens is 460 g/mol. The van der Waals surface area contributed by atoms with Crippen molar-refractivity contribution in [1.82, 2.24) is 0 Å². The Morgan fingerprint density at radius 3 is 2.47 bits per heavy atom. The van der Waals surface area contributed by atoms with Gasteiger partial charge in [-0.3, -0.25) is 14.4 Å². The summed E-state index contributed by atoms with van der Waals surface area (Å²) in [6.07, 6.45) is 8.22. The number of aliphatic hydroxyl groups is 3. The van der Waals surface area contributed by atoms with E-state index in [1.807, 2.05) is 6.92 Å². The molecule has 36 heavy (non-hydrogen) atoms. The molecule has 4 fully saturated rings. The summed E-state index contributed by atoms with van der Waals surface area (Å²) < 4.78 is 0. The minimum absolute atomic E-state index is 0.0208. The zero-order chi connectivity index (χ0) is 26.0. The average Bonchev–Trinajstić information content (AvgIpc) is 3.44. The number of Topliss-reactive ketones (excluding diaryl/α,β-unsaturated/α-hetero) is 1. The van der Waals surface area contributed by atoms with E-state index in [1.54, 1.807) is 6.08 Å². The van der Waals surface area contributed by atoms with Gasteiger partial charge < -0.3 is 20.4 Å². The molecule has 5 aliphatic carbocycles. The van der Waals surface area contributed by atoms with E-state index in [0.29, 0.717) is 12.8 Å². The van der Waals surface area contributed by atoms with Gasteiger partial charge in [0.1, 0.15) is 12.2 Å². The first kappa shape index (κ1) is 26.1. The maximum absolute atomic E-state index is 13.0. The first-order valence-corrected chi connectivity index (χ1v) is 14.0. The third kappa shape index (κ3) is 3.59. The number of aliphatic carboxylic acids is 1. The van der Waals surface area contributed by atoms with Crippen LogP contribution in [0, 0.1) is 46.3 Å². The van der Waals surface area contributed by atoms with E-state index in [1.165, 1.54) is 0 Å². The van der Waals surface area contributed by atoms with Gasteiger partial charge in [-0.1, -0.05) is 45.1 Å². The lowest BCUT2D eigenvalue weighted by Crippen LogP contribution is -2.63. The van der Waals surface area contributed by atoms with Crippen molar-refractivity contribution in [2.75, 3.05) is 6.61 Å². The van der Waals surface area contributed by atoms with Gasteiger partial charge >= 0.3 is 5.97 Å². The van der Waals surface area contributed by atoms with Gasteiger partial charge in [0.05, 0.1) is 6.10 Å². The van der Waals surface area contributed by atoms with Crippen LogP contribution in [0.2, 0.25) is 0 Å². The summed E-state index contributed by atoms with van der Waals surface area (Å²) in [5.41, 5.74) is -1.91. The number of rotatable bonds is 6. The fraction of sp³-hybridized carbons (Fsp3) is 0.828. The van der Waals surface area contributed by atoms with Crippen LogP contribution in [0.25, 0.3) is 0 Å². The topological polar surface area (TPSA) is 132 Å². The number of hydrogen-bond acceptors (Lipinski definition) is 6. The van der Waals surface area contributed by atoms with Crippen molar-refractivity contribution in [3.05, 3.63) is 11.6 Å². The highest BCUT2D eigenvalue weighted by molar-refractivity contribution is 5.92. The lowest BCUT2D eigenvalue weighted by molar-refractivity contribution is -0.189. The number of fused-ring (bicyclic) bond motifs is 5. The minimum atomic E-state index is -1.65. The van der Waals surface area contributed by atoms with Crippen LogP contribution in [-0.4, -0.2) is 56.3 Å². The molecule has 5 rings (SSSR count). The summed E-state index contributed by atoms with van der Waals surface area (Å²) in [4.78, 5) is 37.7. The van der Waals surface area contributed by atoms with Crippen molar-refractivity contribution in [2.24, 2.45) is 46.3 Å². The summed E-state index contributed by atoms with van der Waals surface area (Å²) in [6.45, 7) is 3.36. The molecule has 0 amide bonds. The third-order valence-corrected chi connectivity index (χ3v) is 11.8. The Balaban J connectivity index is 1.57. The van der Waals surface area contributed by atoms with Gasteiger partial charge in [0, 0.05) is 18.3 Å². The zero-order valence-electron chi connectivity index (χ0n) is 21.6. The van der Waals surface area contributed by atoms with Gasteiger partial charge in [0.15, 0.2) is 11.6 Å². The van der Waals surface area contributed by atoms with Crippen molar-refractivity contribution in [3.63, 3.8) is 0 Å². The van der Waals surface area contributed by atoms with Crippen molar-refractivity contribution in [2.45, 2.75) is 96.2 Å². The van der Waals surface area contributed by atoms with Crippen molar-refractivity contribution >= 4 is 17.5 Å². The number of carbonyl (C=O) groups is 3. The maximum Gasteiger partial charge on any atom is 0.303 e. The fourth-order valence-corrected chi connectivity index (χ4v) is 10.2. The molecule has 0 aromatic carbocycles. The van der Waals surface area contributed by atoms with Gasteiger partial charge in [-0.15, -0.1) is 0 Å². The van der Waals surface area contributed by atoms with Crippen molar-refractivity contribution in [3.8, 4) is 0 Å². The Labute approximate surface area is 213 Å². The highest BCUT2D eigenvalue weighted by atomic mass is 16.4. The molecule has 2 unspecified atom stereocenters. The molecule has 0 aromatic heterocycles. The molecule has 5 aliphatic rings. The van der Waals surface area contributed by atoms with Crippen LogP contribution in [-0.2, 0) is 14.4 Å². The van der Waals surface area contributed by atoms with Crippen LogP contribution in [0.3, 0.4) is 0 Å². The molecule has 4 N–H and O–H groups in total. The molecule has 0 heterocycles. The van der Waals surface area contributed by atoms with Gasteiger partial charge in [-0.2, -0.15) is 0 Å². The molecule has 0 aliphatic heterocycles. The van der Waals surface area contributed by atoms with Gasteiger partial charge in [-0.25, -0.2) is 0 Å². The molecule has 7 nitrogen and oxygen atoms in total. The largest absolute Gasteiger partial charge is 0.481 e. The standard InChI is InChI=1S/C29H42O7/c1-27-14-23(32)26-19(21(27)9-10-29(27,36)24(33)15-30)8-7-17-11-18(31)12-22(28(17,26)2)20(13-25(34)35)16-5-3-4-6-16/h11,16,19-23,26,30,32,36H,3-10,12-15H2,1-2H3,(H,34,35)/t19-,20?,21-,22?,23-,26+,27-,28+,29-/m0/s1. The lowest BCUT2D eigenvalue weighted by Gasteiger charge is -2.63. The van der Waals surface area contributed by atoms with Crippen LogP contribution in [0.1, 0.15) is 84.5 Å². The van der Waals surface area contributed by atoms with Gasteiger partial charge in [-0.05, 0) is 79.1 Å². The number of aliphatic hydroxyl groups excluding tert-OH is 2. The molecule has 4 saturated carbocycles. The number of carboxylic acid groups (broad SMARTS) is 1. The summed E-state index contributed by atoms with van der Waals surface area (Å²) in [6, 6.07) is 0. The van der Waals surface area contributed by atoms with Crippen LogP contribution in [0.5, 0.6) is 0 Å². The van der Waals surface area contributed by atoms with E-state index in [2.05, 4.69) is 6.92 Å². The van der Waals surface area contributed by atoms with Gasteiger partial charge in [0.25, 0.3) is 0 Å². The molecule has 7 heteroatoms. The molecule has 0 spiro atoms. The Hall–Kier alpha value is -1.57. The van der Waals surface area contributed by atoms with Crippen molar-refractivity contribution < 1.29 is 34.8 Å². The third-order valence-electron chi connectivity index (χ3n) is 11.8. The van der Waals surface area contributed by atoms with E-state index in [-0.39, 0.29) is 60.6 Å². The smallest absolute Gasteiger partial charge is 0.303 e. The predicted molar refractivity (Wildman–Crippen MR) is 132 cm³/mol. The van der Waals surface area contributed by atoms with E-state index in [0.717, 1.165) is 44.1 Å². The molecule has 0 bridgehead atoms. The Bertz CT molecular complexity index is 967. The highest BCUT2D eigenvalue weighted by Crippen LogP contribution is 2.69. The normalized spacial score (nSPS) is 45.4. The first-order chi connectivity index (χ1) is 17.0. The molecule has 0 aromatic rings. The van der Waals surface area contributed by atoms with Crippen LogP contribution in [0.4, 0.5) is 0 Å². The van der Waals surface area contributed by atoms with Crippen LogP contribution < -0.4 is 0 Å². The highest BCUT2D eigenvalue weighted by Gasteiger charge is 2.69. The average molecular weight is 503 g/mol. The quantitative estimate of drug-likeness (QED) is 0.438. The van der Waals surface area contributed by atoms with Crippen molar-refractivity contribution in [1.29, 1.82) is 0 Å².